The molecule has 17 heavy (non-hydrogen) atoms. The maximum atomic E-state index is 11.4. The monoisotopic (exact) mass is 240 g/mol. The third kappa shape index (κ3) is 4.30. The zero-order valence-electron chi connectivity index (χ0n) is 11.8. The summed E-state index contributed by atoms with van der Waals surface area (Å²) < 4.78 is 0. The fraction of sp³-hybridized carbons (Fsp3) is 0.929. The summed E-state index contributed by atoms with van der Waals surface area (Å²) in [6.07, 6.45) is 5.60. The lowest BCUT2D eigenvalue weighted by Crippen LogP contribution is -2.34. The normalized spacial score (nSPS) is 28.4. The molecule has 100 valence electrons. The minimum atomic E-state index is 0.234. The number of carbonyl (C=O) groups is 1. The van der Waals surface area contributed by atoms with Crippen molar-refractivity contribution >= 4 is 5.91 Å². The highest BCUT2D eigenvalue weighted by Crippen LogP contribution is 2.33. The molecule has 0 bridgehead atoms. The molecule has 0 radical (unpaired) electrons. The Hall–Kier alpha value is -0.570. The van der Waals surface area contributed by atoms with Gasteiger partial charge in [-0.2, -0.15) is 0 Å². The van der Waals surface area contributed by atoms with Gasteiger partial charge in [-0.05, 0) is 37.6 Å². The zero-order valence-corrected chi connectivity index (χ0v) is 11.8. The van der Waals surface area contributed by atoms with Crippen LogP contribution in [0.5, 0.6) is 0 Å². The summed E-state index contributed by atoms with van der Waals surface area (Å²) in [4.78, 5) is 13.1. The zero-order chi connectivity index (χ0) is 12.8. The van der Waals surface area contributed by atoms with E-state index >= 15 is 0 Å². The molecule has 1 fully saturated rings. The summed E-state index contributed by atoms with van der Waals surface area (Å²) in [7, 11) is 3.64. The Bertz CT molecular complexity index is 240. The van der Waals surface area contributed by atoms with Crippen molar-refractivity contribution in [2.24, 2.45) is 11.8 Å². The van der Waals surface area contributed by atoms with E-state index in [1.165, 1.54) is 19.3 Å². The molecular formula is C14H28N2O. The van der Waals surface area contributed by atoms with Crippen molar-refractivity contribution in [3.05, 3.63) is 0 Å². The smallest absolute Gasteiger partial charge is 0.222 e. The van der Waals surface area contributed by atoms with Gasteiger partial charge < -0.3 is 10.2 Å². The van der Waals surface area contributed by atoms with Crippen LogP contribution in [-0.2, 0) is 4.79 Å². The fourth-order valence-electron chi connectivity index (χ4n) is 2.86. The van der Waals surface area contributed by atoms with Crippen LogP contribution >= 0.6 is 0 Å². The Balaban J connectivity index is 2.13. The molecular weight excluding hydrogens is 212 g/mol. The molecule has 0 saturated heterocycles. The van der Waals surface area contributed by atoms with Crippen LogP contribution < -0.4 is 5.32 Å². The molecule has 1 saturated carbocycles. The van der Waals surface area contributed by atoms with Crippen LogP contribution in [0.2, 0.25) is 0 Å². The third-order valence-corrected chi connectivity index (χ3v) is 4.22. The fourth-order valence-corrected chi connectivity index (χ4v) is 2.86. The second kappa shape index (κ2) is 7.00. The molecule has 3 unspecified atom stereocenters. The summed E-state index contributed by atoms with van der Waals surface area (Å²) >= 11 is 0. The van der Waals surface area contributed by atoms with Gasteiger partial charge in [0.05, 0.1) is 0 Å². The summed E-state index contributed by atoms with van der Waals surface area (Å²) in [5.74, 6) is 1.93. The van der Waals surface area contributed by atoms with Crippen LogP contribution in [0.3, 0.4) is 0 Å². The molecule has 0 heterocycles. The molecule has 3 atom stereocenters. The van der Waals surface area contributed by atoms with Gasteiger partial charge in [-0.3, -0.25) is 4.79 Å². The Morgan fingerprint density at radius 3 is 2.59 bits per heavy atom. The topological polar surface area (TPSA) is 32.3 Å². The molecule has 1 amide bonds. The predicted molar refractivity (Wildman–Crippen MR) is 71.9 cm³/mol. The highest BCUT2D eigenvalue weighted by Gasteiger charge is 2.30. The molecule has 0 aromatic rings. The summed E-state index contributed by atoms with van der Waals surface area (Å²) in [5, 5.41) is 3.62. The van der Waals surface area contributed by atoms with Crippen LogP contribution in [0.25, 0.3) is 0 Å². The van der Waals surface area contributed by atoms with E-state index in [-0.39, 0.29) is 5.91 Å². The first kappa shape index (κ1) is 14.5. The van der Waals surface area contributed by atoms with Crippen molar-refractivity contribution in [3.8, 4) is 0 Å². The molecule has 1 aliphatic rings. The quantitative estimate of drug-likeness (QED) is 0.722. The molecule has 0 aromatic heterocycles. The van der Waals surface area contributed by atoms with E-state index in [0.717, 1.165) is 24.8 Å². The molecule has 3 nitrogen and oxygen atoms in total. The van der Waals surface area contributed by atoms with E-state index in [2.05, 4.69) is 19.2 Å². The Morgan fingerprint density at radius 2 is 2.06 bits per heavy atom. The van der Waals surface area contributed by atoms with Gasteiger partial charge >= 0.3 is 0 Å². The van der Waals surface area contributed by atoms with Crippen LogP contribution in [0.1, 0.15) is 46.0 Å². The summed E-state index contributed by atoms with van der Waals surface area (Å²) in [5.41, 5.74) is 0. The molecule has 0 aromatic carbocycles. The number of rotatable bonds is 6. The standard InChI is InChI=1S/C14H28N2O/c1-5-12-8-9-13(11(12)2)15-10-6-7-14(17)16(3)4/h11-13,15H,5-10H2,1-4H3. The van der Waals surface area contributed by atoms with E-state index in [1.807, 2.05) is 14.1 Å². The number of carbonyl (C=O) groups excluding carboxylic acids is 1. The van der Waals surface area contributed by atoms with Gasteiger partial charge in [0.15, 0.2) is 0 Å². The van der Waals surface area contributed by atoms with Gasteiger partial charge in [0.2, 0.25) is 5.91 Å². The van der Waals surface area contributed by atoms with Crippen molar-refractivity contribution in [1.29, 1.82) is 0 Å². The van der Waals surface area contributed by atoms with Gasteiger partial charge in [-0.1, -0.05) is 20.3 Å². The van der Waals surface area contributed by atoms with E-state index in [9.17, 15) is 4.79 Å². The van der Waals surface area contributed by atoms with Crippen molar-refractivity contribution in [1.82, 2.24) is 10.2 Å². The number of hydrogen-bond acceptors (Lipinski definition) is 2. The number of hydrogen-bond donors (Lipinski definition) is 1. The van der Waals surface area contributed by atoms with E-state index in [4.69, 9.17) is 0 Å². The van der Waals surface area contributed by atoms with Gasteiger partial charge in [0.1, 0.15) is 0 Å². The molecule has 3 heteroatoms. The lowest BCUT2D eigenvalue weighted by Gasteiger charge is -2.21. The van der Waals surface area contributed by atoms with E-state index in [0.29, 0.717) is 12.5 Å². The first-order valence-electron chi connectivity index (χ1n) is 6.99. The second-order valence-electron chi connectivity index (χ2n) is 5.56. The first-order chi connectivity index (χ1) is 8.06. The molecule has 0 spiro atoms. The highest BCUT2D eigenvalue weighted by atomic mass is 16.2. The minimum Gasteiger partial charge on any atom is -0.349 e. The maximum absolute atomic E-state index is 11.4. The summed E-state index contributed by atoms with van der Waals surface area (Å²) in [6.45, 7) is 5.63. The van der Waals surface area contributed by atoms with Gasteiger partial charge in [0.25, 0.3) is 0 Å². The van der Waals surface area contributed by atoms with E-state index < -0.39 is 0 Å². The number of nitrogens with one attached hydrogen (secondary N) is 1. The average molecular weight is 240 g/mol. The average Bonchev–Trinajstić information content (AvgIpc) is 2.65. The van der Waals surface area contributed by atoms with Crippen LogP contribution in [-0.4, -0.2) is 37.5 Å². The van der Waals surface area contributed by atoms with Crippen LogP contribution in [0, 0.1) is 11.8 Å². The lowest BCUT2D eigenvalue weighted by atomic mass is 9.93. The highest BCUT2D eigenvalue weighted by molar-refractivity contribution is 5.75. The molecule has 1 rings (SSSR count). The lowest BCUT2D eigenvalue weighted by molar-refractivity contribution is -0.128. The van der Waals surface area contributed by atoms with Crippen LogP contribution in [0.4, 0.5) is 0 Å². The Morgan fingerprint density at radius 1 is 1.35 bits per heavy atom. The first-order valence-corrected chi connectivity index (χ1v) is 6.99. The van der Waals surface area contributed by atoms with Gasteiger partial charge in [0, 0.05) is 26.6 Å². The minimum absolute atomic E-state index is 0.234. The number of nitrogens with zero attached hydrogens (tertiary/aromatic N) is 1. The molecule has 1 N–H and O–H groups in total. The molecule has 0 aliphatic heterocycles. The number of amides is 1. The maximum Gasteiger partial charge on any atom is 0.222 e. The third-order valence-electron chi connectivity index (χ3n) is 4.22. The predicted octanol–water partition coefficient (Wildman–Crippen LogP) is 2.27. The van der Waals surface area contributed by atoms with Crippen molar-refractivity contribution in [3.63, 3.8) is 0 Å². The van der Waals surface area contributed by atoms with E-state index in [1.54, 1.807) is 4.90 Å². The van der Waals surface area contributed by atoms with Gasteiger partial charge in [-0.15, -0.1) is 0 Å². The Kier molecular flexibility index (Phi) is 5.96. The van der Waals surface area contributed by atoms with Gasteiger partial charge in [-0.25, -0.2) is 0 Å². The second-order valence-corrected chi connectivity index (χ2v) is 5.56. The van der Waals surface area contributed by atoms with Crippen molar-refractivity contribution in [2.75, 3.05) is 20.6 Å². The Labute approximate surface area is 106 Å². The van der Waals surface area contributed by atoms with Crippen molar-refractivity contribution < 1.29 is 4.79 Å². The molecule has 1 aliphatic carbocycles. The van der Waals surface area contributed by atoms with Crippen LogP contribution in [0.15, 0.2) is 0 Å². The largest absolute Gasteiger partial charge is 0.349 e. The SMILES string of the molecule is CCC1CCC(NCCCC(=O)N(C)C)C1C. The van der Waals surface area contributed by atoms with Crippen molar-refractivity contribution in [2.45, 2.75) is 52.0 Å². The summed E-state index contributed by atoms with van der Waals surface area (Å²) in [6, 6.07) is 0.675.